The van der Waals surface area contributed by atoms with E-state index in [-0.39, 0.29) is 6.85 Å². The third kappa shape index (κ3) is 2.78. The number of hydrogen-bond acceptors (Lipinski definition) is 2. The van der Waals surface area contributed by atoms with Crippen LogP contribution in [0.5, 0.6) is 0 Å². The van der Waals surface area contributed by atoms with Crippen LogP contribution in [0.3, 0.4) is 0 Å². The van der Waals surface area contributed by atoms with Crippen LogP contribution in [0.25, 0.3) is 64.6 Å². The molecule has 0 saturated carbocycles. The molecule has 4 heterocycles. The minimum atomic E-state index is 0.0696. The van der Waals surface area contributed by atoms with E-state index in [1.807, 2.05) is 11.3 Å². The third-order valence-electron chi connectivity index (χ3n) is 9.99. The Bertz CT molecular complexity index is 2700. The number of hydrogen-bond donors (Lipinski definition) is 0. The molecule has 44 heavy (non-hydrogen) atoms. The summed E-state index contributed by atoms with van der Waals surface area (Å²) in [6.45, 7) is 0.0696. The lowest BCUT2D eigenvalue weighted by Crippen LogP contribution is -2.56. The van der Waals surface area contributed by atoms with Crippen molar-refractivity contribution < 1.29 is 0 Å². The number of aromatic nitrogens is 1. The molecule has 0 atom stereocenters. The first-order valence-corrected chi connectivity index (χ1v) is 16.1. The first kappa shape index (κ1) is 23.2. The van der Waals surface area contributed by atoms with Crippen molar-refractivity contribution in [2.45, 2.75) is 0 Å². The molecule has 0 aliphatic carbocycles. The Balaban J connectivity index is 1.32. The van der Waals surface area contributed by atoms with Gasteiger partial charge in [0, 0.05) is 49.0 Å². The highest BCUT2D eigenvalue weighted by molar-refractivity contribution is 7.17. The lowest BCUT2D eigenvalue weighted by molar-refractivity contribution is 1.28. The van der Waals surface area contributed by atoms with Gasteiger partial charge in [0.05, 0.1) is 5.69 Å². The summed E-state index contributed by atoms with van der Waals surface area (Å²) in [5.41, 5.74) is 10.5. The van der Waals surface area contributed by atoms with Crippen molar-refractivity contribution in [1.29, 1.82) is 0 Å². The van der Waals surface area contributed by atoms with Gasteiger partial charge in [0.25, 0.3) is 0 Å². The maximum atomic E-state index is 2.67. The summed E-state index contributed by atoms with van der Waals surface area (Å²) in [5, 5.41) is 12.8. The first-order valence-electron chi connectivity index (χ1n) is 15.2. The summed E-state index contributed by atoms with van der Waals surface area (Å²) in [7, 11) is 0. The summed E-state index contributed by atoms with van der Waals surface area (Å²) in [4.78, 5) is 3.91. The van der Waals surface area contributed by atoms with Crippen LogP contribution < -0.4 is 15.8 Å². The number of nitrogens with zero attached hydrogens (tertiary/aromatic N) is 2. The first-order chi connectivity index (χ1) is 21.8. The van der Waals surface area contributed by atoms with Crippen LogP contribution in [-0.4, -0.2) is 11.3 Å². The molecular weight excluding hydrogens is 551 g/mol. The van der Waals surface area contributed by atoms with Crippen molar-refractivity contribution in [3.8, 4) is 10.4 Å². The van der Waals surface area contributed by atoms with Gasteiger partial charge < -0.3 is 9.38 Å². The molecule has 2 aliphatic rings. The van der Waals surface area contributed by atoms with Gasteiger partial charge in [0.15, 0.2) is 0 Å². The van der Waals surface area contributed by atoms with Gasteiger partial charge in [-0.3, -0.25) is 0 Å². The minimum absolute atomic E-state index is 0.0696. The Kier molecular flexibility index (Phi) is 4.32. The van der Waals surface area contributed by atoms with Crippen LogP contribution in [0.2, 0.25) is 0 Å². The molecule has 0 radical (unpaired) electrons. The van der Waals surface area contributed by atoms with Crippen molar-refractivity contribution >= 4 is 100 Å². The zero-order chi connectivity index (χ0) is 28.5. The van der Waals surface area contributed by atoms with Crippen LogP contribution >= 0.6 is 11.3 Å². The summed E-state index contributed by atoms with van der Waals surface area (Å²) in [5.74, 6) is 0. The lowest BCUT2D eigenvalue weighted by Gasteiger charge is -2.38. The standard InChI is InChI=1S/C40H23BN2S/c1-2-11-27-22-28(19-16-24(27)8-1)42-34-21-18-26-10-4-6-13-30(26)37(34)41-38-35(42)23-44-40(38)32-15-7-14-31-36-29-12-5-3-9-25(29)17-20-33(36)43(41)39(31)32/h1-23H. The van der Waals surface area contributed by atoms with Gasteiger partial charge in [0.1, 0.15) is 0 Å². The van der Waals surface area contributed by atoms with Gasteiger partial charge in [-0.25, -0.2) is 0 Å². The van der Waals surface area contributed by atoms with E-state index in [0.717, 1.165) is 0 Å². The Morgan fingerprint density at radius 3 is 2.11 bits per heavy atom. The molecule has 0 N–H and O–H groups in total. The zero-order valence-corrected chi connectivity index (χ0v) is 24.5. The number of para-hydroxylation sites is 1. The molecule has 0 amide bonds. The van der Waals surface area contributed by atoms with Gasteiger partial charge in [-0.05, 0) is 67.5 Å². The average Bonchev–Trinajstić information content (AvgIpc) is 3.67. The molecule has 202 valence electrons. The molecular formula is C40H23BN2S. The molecule has 7 aromatic carbocycles. The Morgan fingerprint density at radius 1 is 0.523 bits per heavy atom. The van der Waals surface area contributed by atoms with Crippen LogP contribution in [-0.2, 0) is 0 Å². The van der Waals surface area contributed by atoms with E-state index in [1.165, 1.54) is 92.6 Å². The Labute approximate surface area is 258 Å². The second-order valence-corrected chi connectivity index (χ2v) is 13.0. The maximum Gasteiger partial charge on any atom is 0.334 e. The van der Waals surface area contributed by atoms with E-state index in [1.54, 1.807) is 0 Å². The Hall–Kier alpha value is -5.32. The molecule has 4 heteroatoms. The van der Waals surface area contributed by atoms with Crippen LogP contribution in [0, 0.1) is 0 Å². The van der Waals surface area contributed by atoms with Gasteiger partial charge >= 0.3 is 6.85 Å². The zero-order valence-electron chi connectivity index (χ0n) is 23.7. The molecule has 0 saturated heterocycles. The summed E-state index contributed by atoms with van der Waals surface area (Å²) >= 11 is 1.89. The predicted molar refractivity (Wildman–Crippen MR) is 190 cm³/mol. The highest BCUT2D eigenvalue weighted by Crippen LogP contribution is 2.49. The highest BCUT2D eigenvalue weighted by atomic mass is 32.1. The van der Waals surface area contributed by atoms with E-state index in [4.69, 9.17) is 0 Å². The molecule has 9 aromatic rings. The fraction of sp³-hybridized carbons (Fsp3) is 0. The van der Waals surface area contributed by atoms with Gasteiger partial charge in [-0.15, -0.1) is 11.3 Å². The quantitative estimate of drug-likeness (QED) is 0.177. The fourth-order valence-corrected chi connectivity index (χ4v) is 9.31. The monoisotopic (exact) mass is 574 g/mol. The third-order valence-corrected chi connectivity index (χ3v) is 11.0. The molecule has 0 fully saturated rings. The number of benzene rings is 7. The van der Waals surface area contributed by atoms with Crippen LogP contribution in [0.4, 0.5) is 17.1 Å². The molecule has 2 nitrogen and oxygen atoms in total. The number of rotatable bonds is 1. The van der Waals surface area contributed by atoms with Crippen molar-refractivity contribution in [3.05, 3.63) is 139 Å². The maximum absolute atomic E-state index is 2.67. The van der Waals surface area contributed by atoms with Gasteiger partial charge in [-0.1, -0.05) is 109 Å². The molecule has 2 aliphatic heterocycles. The fourth-order valence-electron chi connectivity index (χ4n) is 8.22. The van der Waals surface area contributed by atoms with E-state index in [9.17, 15) is 0 Å². The predicted octanol–water partition coefficient (Wildman–Crippen LogP) is 9.73. The molecule has 0 spiro atoms. The van der Waals surface area contributed by atoms with E-state index in [2.05, 4.69) is 148 Å². The largest absolute Gasteiger partial charge is 0.375 e. The molecule has 2 aromatic heterocycles. The molecule has 0 bridgehead atoms. The van der Waals surface area contributed by atoms with E-state index >= 15 is 0 Å². The number of fused-ring (bicyclic) bond motifs is 12. The highest BCUT2D eigenvalue weighted by Gasteiger charge is 2.44. The summed E-state index contributed by atoms with van der Waals surface area (Å²) in [6.07, 6.45) is 0. The molecule has 0 unspecified atom stereocenters. The average molecular weight is 575 g/mol. The second kappa shape index (κ2) is 8.19. The smallest absolute Gasteiger partial charge is 0.334 e. The molecule has 11 rings (SSSR count). The van der Waals surface area contributed by atoms with Crippen LogP contribution in [0.15, 0.2) is 139 Å². The second-order valence-electron chi connectivity index (χ2n) is 12.1. The van der Waals surface area contributed by atoms with Crippen molar-refractivity contribution in [3.63, 3.8) is 0 Å². The van der Waals surface area contributed by atoms with E-state index in [0.29, 0.717) is 0 Å². The Morgan fingerprint density at radius 2 is 1.23 bits per heavy atom. The van der Waals surface area contributed by atoms with Crippen molar-refractivity contribution in [1.82, 2.24) is 4.48 Å². The summed E-state index contributed by atoms with van der Waals surface area (Å²) < 4.78 is 2.67. The number of thiophene rings is 1. The van der Waals surface area contributed by atoms with Crippen molar-refractivity contribution in [2.75, 3.05) is 4.90 Å². The normalized spacial score (nSPS) is 13.4. The summed E-state index contributed by atoms with van der Waals surface area (Å²) in [6, 6.07) is 49.6. The lowest BCUT2D eigenvalue weighted by atomic mass is 9.45. The van der Waals surface area contributed by atoms with Gasteiger partial charge in [-0.2, -0.15) is 0 Å². The topological polar surface area (TPSA) is 8.17 Å². The van der Waals surface area contributed by atoms with E-state index < -0.39 is 0 Å². The van der Waals surface area contributed by atoms with Crippen LogP contribution in [0.1, 0.15) is 0 Å². The number of anilines is 3. The minimum Gasteiger partial charge on any atom is -0.375 e. The van der Waals surface area contributed by atoms with Crippen molar-refractivity contribution in [2.24, 2.45) is 0 Å². The SMILES string of the molecule is c1ccc2cc(N3c4csc5c4B(c4c3ccc3ccccc43)n3c4ccc6ccccc6c4c4cccc-5c43)ccc2c1. The van der Waals surface area contributed by atoms with Gasteiger partial charge in [0.2, 0.25) is 0 Å².